The molecule has 1 saturated heterocycles. The summed E-state index contributed by atoms with van der Waals surface area (Å²) >= 11 is 0. The van der Waals surface area contributed by atoms with Gasteiger partial charge in [0.1, 0.15) is 5.75 Å². The molecule has 1 aromatic rings. The Morgan fingerprint density at radius 2 is 1.70 bits per heavy atom. The van der Waals surface area contributed by atoms with E-state index in [9.17, 15) is 14.4 Å². The van der Waals surface area contributed by atoms with Crippen molar-refractivity contribution in [3.63, 3.8) is 0 Å². The normalized spacial score (nSPS) is 14.4. The zero-order chi connectivity index (χ0) is 21.8. The minimum Gasteiger partial charge on any atom is -0.494 e. The number of carbonyl (C=O) groups excluding carboxylic acids is 3. The largest absolute Gasteiger partial charge is 0.494 e. The van der Waals surface area contributed by atoms with Crippen molar-refractivity contribution in [3.05, 3.63) is 29.8 Å². The Labute approximate surface area is 180 Å². The summed E-state index contributed by atoms with van der Waals surface area (Å²) in [7, 11) is 0. The number of nitrogens with zero attached hydrogens (tertiary/aromatic N) is 1. The number of hydrogen-bond donors (Lipinski definition) is 1. The van der Waals surface area contributed by atoms with Crippen LogP contribution in [0.1, 0.15) is 75.6 Å². The highest BCUT2D eigenvalue weighted by Crippen LogP contribution is 2.19. The molecule has 1 aliphatic heterocycles. The van der Waals surface area contributed by atoms with E-state index in [1.807, 2.05) is 6.92 Å². The highest BCUT2D eigenvalue weighted by atomic mass is 16.5. The van der Waals surface area contributed by atoms with E-state index in [-0.39, 0.29) is 36.4 Å². The SMILES string of the molecule is CCCCCNC(=O)C1CCN(C(=O)CCC(=O)c2ccc(OCCC)cc2)CC1. The Morgan fingerprint density at radius 3 is 2.33 bits per heavy atom. The molecule has 1 fully saturated rings. The highest BCUT2D eigenvalue weighted by Gasteiger charge is 2.27. The molecule has 6 heteroatoms. The van der Waals surface area contributed by atoms with Gasteiger partial charge in [-0.05, 0) is 49.9 Å². The van der Waals surface area contributed by atoms with Gasteiger partial charge in [0.25, 0.3) is 0 Å². The van der Waals surface area contributed by atoms with Crippen molar-refractivity contribution in [2.45, 2.75) is 65.2 Å². The molecule has 166 valence electrons. The van der Waals surface area contributed by atoms with Crippen LogP contribution < -0.4 is 10.1 Å². The number of rotatable bonds is 12. The summed E-state index contributed by atoms with van der Waals surface area (Å²) in [5, 5.41) is 3.01. The van der Waals surface area contributed by atoms with E-state index >= 15 is 0 Å². The second-order valence-electron chi connectivity index (χ2n) is 7.95. The van der Waals surface area contributed by atoms with Crippen molar-refractivity contribution in [3.8, 4) is 5.75 Å². The van der Waals surface area contributed by atoms with Gasteiger partial charge in [0.05, 0.1) is 6.61 Å². The van der Waals surface area contributed by atoms with Gasteiger partial charge in [-0.2, -0.15) is 0 Å². The molecule has 1 N–H and O–H groups in total. The highest BCUT2D eigenvalue weighted by molar-refractivity contribution is 5.98. The van der Waals surface area contributed by atoms with E-state index in [1.165, 1.54) is 0 Å². The predicted octanol–water partition coefficient (Wildman–Crippen LogP) is 3.98. The third-order valence-corrected chi connectivity index (χ3v) is 5.51. The second-order valence-corrected chi connectivity index (χ2v) is 7.95. The molecule has 6 nitrogen and oxygen atoms in total. The summed E-state index contributed by atoms with van der Waals surface area (Å²) in [4.78, 5) is 38.9. The van der Waals surface area contributed by atoms with E-state index in [4.69, 9.17) is 4.74 Å². The lowest BCUT2D eigenvalue weighted by molar-refractivity contribution is -0.135. The summed E-state index contributed by atoms with van der Waals surface area (Å²) in [5.41, 5.74) is 0.602. The third kappa shape index (κ3) is 7.81. The quantitative estimate of drug-likeness (QED) is 0.413. The number of likely N-dealkylation sites (tertiary alicyclic amines) is 1. The van der Waals surface area contributed by atoms with Crippen LogP contribution >= 0.6 is 0 Å². The van der Waals surface area contributed by atoms with E-state index in [0.29, 0.717) is 38.1 Å². The lowest BCUT2D eigenvalue weighted by Gasteiger charge is -2.31. The first-order valence-electron chi connectivity index (χ1n) is 11.4. The van der Waals surface area contributed by atoms with Crippen molar-refractivity contribution < 1.29 is 19.1 Å². The van der Waals surface area contributed by atoms with Gasteiger partial charge >= 0.3 is 0 Å². The standard InChI is InChI=1S/C24H36N2O4/c1-3-5-6-15-25-24(29)20-13-16-26(17-14-20)23(28)12-11-22(27)19-7-9-21(10-8-19)30-18-4-2/h7-10,20H,3-6,11-18H2,1-2H3,(H,25,29). The molecule has 0 atom stereocenters. The Hall–Kier alpha value is -2.37. The van der Waals surface area contributed by atoms with Gasteiger partial charge in [-0.15, -0.1) is 0 Å². The van der Waals surface area contributed by atoms with Crippen LogP contribution in [0, 0.1) is 5.92 Å². The van der Waals surface area contributed by atoms with E-state index in [0.717, 1.165) is 38.0 Å². The van der Waals surface area contributed by atoms with Crippen LogP contribution in [0.15, 0.2) is 24.3 Å². The molecule has 0 unspecified atom stereocenters. The van der Waals surface area contributed by atoms with Crippen molar-refractivity contribution in [1.29, 1.82) is 0 Å². The molecule has 0 aromatic heterocycles. The number of ether oxygens (including phenoxy) is 1. The van der Waals surface area contributed by atoms with Crippen LogP contribution in [-0.4, -0.2) is 48.7 Å². The van der Waals surface area contributed by atoms with Gasteiger partial charge in [0.2, 0.25) is 11.8 Å². The van der Waals surface area contributed by atoms with Gasteiger partial charge < -0.3 is 15.0 Å². The number of amides is 2. The summed E-state index contributed by atoms with van der Waals surface area (Å²) in [6.07, 6.45) is 6.01. The fourth-order valence-electron chi connectivity index (χ4n) is 3.60. The van der Waals surface area contributed by atoms with Crippen molar-refractivity contribution in [2.75, 3.05) is 26.2 Å². The maximum absolute atomic E-state index is 12.5. The molecule has 30 heavy (non-hydrogen) atoms. The molecule has 0 aliphatic carbocycles. The van der Waals surface area contributed by atoms with Crippen molar-refractivity contribution >= 4 is 17.6 Å². The average molecular weight is 417 g/mol. The Bertz CT molecular complexity index is 679. The second kappa shape index (κ2) is 13.0. The number of nitrogens with one attached hydrogen (secondary N) is 1. The molecule has 2 amide bonds. The minimum atomic E-state index is -0.0354. The fourth-order valence-corrected chi connectivity index (χ4v) is 3.60. The van der Waals surface area contributed by atoms with Crippen molar-refractivity contribution in [2.24, 2.45) is 5.92 Å². The monoisotopic (exact) mass is 416 g/mol. The van der Waals surface area contributed by atoms with Crippen molar-refractivity contribution in [1.82, 2.24) is 10.2 Å². The fraction of sp³-hybridized carbons (Fsp3) is 0.625. The van der Waals surface area contributed by atoms with Gasteiger partial charge in [-0.3, -0.25) is 14.4 Å². The van der Waals surface area contributed by atoms with E-state index < -0.39 is 0 Å². The van der Waals surface area contributed by atoms with Crippen LogP contribution in [0.5, 0.6) is 5.75 Å². The smallest absolute Gasteiger partial charge is 0.223 e. The van der Waals surface area contributed by atoms with Crippen LogP contribution in [-0.2, 0) is 9.59 Å². The van der Waals surface area contributed by atoms with Crippen LogP contribution in [0.2, 0.25) is 0 Å². The molecule has 1 aromatic carbocycles. The summed E-state index contributed by atoms with van der Waals surface area (Å²) < 4.78 is 5.52. The molecule has 2 rings (SSSR count). The number of ketones is 1. The van der Waals surface area contributed by atoms with Crippen LogP contribution in [0.4, 0.5) is 0 Å². The summed E-state index contributed by atoms with van der Waals surface area (Å²) in [6, 6.07) is 7.09. The molecule has 1 heterocycles. The van der Waals surface area contributed by atoms with E-state index in [1.54, 1.807) is 29.2 Å². The first-order valence-corrected chi connectivity index (χ1v) is 11.4. The lowest BCUT2D eigenvalue weighted by atomic mass is 9.95. The number of unbranched alkanes of at least 4 members (excludes halogenated alkanes) is 2. The first kappa shape index (κ1) is 23.9. The molecule has 1 aliphatic rings. The number of piperidine rings is 1. The first-order chi connectivity index (χ1) is 14.5. The molecular weight excluding hydrogens is 380 g/mol. The van der Waals surface area contributed by atoms with Gasteiger partial charge in [0, 0.05) is 44.0 Å². The predicted molar refractivity (Wildman–Crippen MR) is 118 cm³/mol. The summed E-state index contributed by atoms with van der Waals surface area (Å²) in [5.74, 6) is 0.812. The topological polar surface area (TPSA) is 75.7 Å². The average Bonchev–Trinajstić information content (AvgIpc) is 2.79. The zero-order valence-electron chi connectivity index (χ0n) is 18.5. The molecule has 0 spiro atoms. The number of Topliss-reactive ketones (excluding diaryl/α,β-unsaturated/α-hetero) is 1. The zero-order valence-corrected chi connectivity index (χ0v) is 18.5. The maximum Gasteiger partial charge on any atom is 0.223 e. The Morgan fingerprint density at radius 1 is 1.00 bits per heavy atom. The van der Waals surface area contributed by atoms with Crippen LogP contribution in [0.25, 0.3) is 0 Å². The van der Waals surface area contributed by atoms with Crippen LogP contribution in [0.3, 0.4) is 0 Å². The molecule has 0 bridgehead atoms. The third-order valence-electron chi connectivity index (χ3n) is 5.51. The molecule has 0 radical (unpaired) electrons. The number of carbonyl (C=O) groups is 3. The number of hydrogen-bond acceptors (Lipinski definition) is 4. The molecule has 0 saturated carbocycles. The molecular formula is C24H36N2O4. The van der Waals surface area contributed by atoms with E-state index in [2.05, 4.69) is 12.2 Å². The minimum absolute atomic E-state index is 0.00643. The Balaban J connectivity index is 1.69. The maximum atomic E-state index is 12.5. The lowest BCUT2D eigenvalue weighted by Crippen LogP contribution is -2.43. The van der Waals surface area contributed by atoms with Gasteiger partial charge in [0.15, 0.2) is 5.78 Å². The Kier molecular flexibility index (Phi) is 10.4. The summed E-state index contributed by atoms with van der Waals surface area (Å²) in [6.45, 7) is 6.74. The number of benzene rings is 1. The van der Waals surface area contributed by atoms with Gasteiger partial charge in [-0.25, -0.2) is 0 Å². The van der Waals surface area contributed by atoms with Gasteiger partial charge in [-0.1, -0.05) is 26.7 Å².